The van der Waals surface area contributed by atoms with E-state index in [4.69, 9.17) is 18.9 Å². The minimum absolute atomic E-state index is 0.173. The van der Waals surface area contributed by atoms with Gasteiger partial charge in [-0.3, -0.25) is 4.79 Å². The number of carbonyl (C=O) groups excluding carboxylic acids is 1. The Kier molecular flexibility index (Phi) is 8.58. The average molecular weight is 551 g/mol. The maximum absolute atomic E-state index is 13.2. The molecule has 0 aliphatic rings. The lowest BCUT2D eigenvalue weighted by Crippen LogP contribution is -2.68. The predicted octanol–water partition coefficient (Wildman–Crippen LogP) is 4.57. The van der Waals surface area contributed by atoms with E-state index in [1.54, 1.807) is 58.9 Å². The first-order valence-electron chi connectivity index (χ1n) is 12.2. The van der Waals surface area contributed by atoms with E-state index >= 15 is 0 Å². The molecule has 0 radical (unpaired) electrons. The number of phenolic OH excluding ortho intramolecular Hbond substituents is 1. The summed E-state index contributed by atoms with van der Waals surface area (Å²) in [5.74, 6) is 1.86. The molecule has 1 unspecified atom stereocenters. The minimum Gasteiger partial charge on any atom is -0.508 e. The van der Waals surface area contributed by atoms with E-state index in [0.717, 1.165) is 27.1 Å². The third-order valence-electron chi connectivity index (χ3n) is 6.62. The van der Waals surface area contributed by atoms with Crippen LogP contribution in [0, 0.1) is 0 Å². The Morgan fingerprint density at radius 2 is 1.54 bits per heavy atom. The lowest BCUT2D eigenvalue weighted by molar-refractivity contribution is -0.407. The van der Waals surface area contributed by atoms with Gasteiger partial charge in [-0.15, -0.1) is 0 Å². The van der Waals surface area contributed by atoms with Gasteiger partial charge in [0.1, 0.15) is 11.5 Å². The van der Waals surface area contributed by atoms with Crippen LogP contribution < -0.4 is 30.0 Å². The molecule has 4 aromatic rings. The Labute approximate surface area is 231 Å². The summed E-state index contributed by atoms with van der Waals surface area (Å²) in [6.45, 7) is 1.93. The van der Waals surface area contributed by atoms with Gasteiger partial charge in [0.15, 0.2) is 17.5 Å². The molecule has 0 fully saturated rings. The van der Waals surface area contributed by atoms with Gasteiger partial charge < -0.3 is 35.1 Å². The predicted molar refractivity (Wildman–Crippen MR) is 151 cm³/mol. The molecule has 2 atom stereocenters. The smallest absolute Gasteiger partial charge is 0.283 e. The number of phenols is 1. The third kappa shape index (κ3) is 5.76. The van der Waals surface area contributed by atoms with Gasteiger partial charge in [-0.05, 0) is 59.1 Å². The van der Waals surface area contributed by atoms with Crippen LogP contribution in [0.1, 0.15) is 18.4 Å². The number of amides is 1. The quantitative estimate of drug-likeness (QED) is 0.264. The second kappa shape index (κ2) is 12.1. The lowest BCUT2D eigenvalue weighted by Gasteiger charge is -2.18. The highest BCUT2D eigenvalue weighted by Gasteiger charge is 2.27. The van der Waals surface area contributed by atoms with Crippen molar-refractivity contribution in [1.82, 2.24) is 4.37 Å². The number of nitrogens with zero attached hydrogens (tertiary/aromatic N) is 1. The number of rotatable bonds is 10. The molecule has 204 valence electrons. The topological polar surface area (TPSA) is 127 Å². The molecule has 1 heterocycles. The molecule has 0 aliphatic heterocycles. The highest BCUT2D eigenvalue weighted by atomic mass is 32.1. The molecule has 1 amide bonds. The summed E-state index contributed by atoms with van der Waals surface area (Å²) in [6.07, 6.45) is 1.79. The standard InChI is InChI=1S/C29H31N3O6S/c1-16(17-6-9-20(33)10-7-17)26(30)29(34)32-22-12-18(8-11-23(22)35-2)21-15-31-39-28(21)19-13-24(36-3)27(38-5)25(14-19)37-4/h6-16,26,33H,30H2,1-5H3,(H,32,34)/p+1/t16?,26-/m0/s1. The van der Waals surface area contributed by atoms with Crippen LogP contribution in [0.15, 0.2) is 60.8 Å². The van der Waals surface area contributed by atoms with Crippen molar-refractivity contribution >= 4 is 23.1 Å². The number of benzene rings is 3. The van der Waals surface area contributed by atoms with Gasteiger partial charge in [-0.1, -0.05) is 25.1 Å². The van der Waals surface area contributed by atoms with Gasteiger partial charge in [0.25, 0.3) is 5.91 Å². The Morgan fingerprint density at radius 1 is 0.897 bits per heavy atom. The maximum atomic E-state index is 13.2. The van der Waals surface area contributed by atoms with Gasteiger partial charge in [0, 0.05) is 23.2 Å². The SMILES string of the molecule is COc1ccc(-c2cnsc2-c2cc(OC)c(OC)c(OC)c2)cc1NC(=O)[C@@H]([NH3+])C(C)c1ccc(O)cc1. The first kappa shape index (κ1) is 27.7. The average Bonchev–Trinajstić information content (AvgIpc) is 3.46. The Balaban J connectivity index is 1.66. The van der Waals surface area contributed by atoms with E-state index < -0.39 is 6.04 Å². The van der Waals surface area contributed by atoms with E-state index in [2.05, 4.69) is 15.4 Å². The second-order valence-electron chi connectivity index (χ2n) is 8.87. The number of quaternary nitrogens is 1. The third-order valence-corrected chi connectivity index (χ3v) is 7.47. The summed E-state index contributed by atoms with van der Waals surface area (Å²) in [6, 6.07) is 15.5. The van der Waals surface area contributed by atoms with Crippen LogP contribution in [0.5, 0.6) is 28.7 Å². The fourth-order valence-corrected chi connectivity index (χ4v) is 5.06. The van der Waals surface area contributed by atoms with Gasteiger partial charge in [0.05, 0.1) is 39.0 Å². The molecular weight excluding hydrogens is 518 g/mol. The Hall–Kier alpha value is -4.28. The van der Waals surface area contributed by atoms with Crippen LogP contribution in [0.4, 0.5) is 5.69 Å². The molecule has 9 nitrogen and oxygen atoms in total. The van der Waals surface area contributed by atoms with Crippen LogP contribution in [-0.2, 0) is 4.79 Å². The first-order chi connectivity index (χ1) is 18.8. The van der Waals surface area contributed by atoms with E-state index in [-0.39, 0.29) is 17.6 Å². The molecule has 10 heteroatoms. The van der Waals surface area contributed by atoms with Crippen molar-refractivity contribution in [3.05, 3.63) is 66.4 Å². The molecule has 4 rings (SSSR count). The summed E-state index contributed by atoms with van der Waals surface area (Å²) in [5, 5.41) is 12.6. The van der Waals surface area contributed by atoms with Crippen LogP contribution in [0.25, 0.3) is 21.6 Å². The van der Waals surface area contributed by atoms with E-state index in [1.165, 1.54) is 11.5 Å². The second-order valence-corrected chi connectivity index (χ2v) is 9.68. The molecule has 1 aromatic heterocycles. The summed E-state index contributed by atoms with van der Waals surface area (Å²) >= 11 is 1.34. The summed E-state index contributed by atoms with van der Waals surface area (Å²) in [5.41, 5.74) is 8.10. The monoisotopic (exact) mass is 550 g/mol. The van der Waals surface area contributed by atoms with Crippen LogP contribution in [0.2, 0.25) is 0 Å². The molecular formula is C29H32N3O6S+. The molecule has 0 bridgehead atoms. The zero-order valence-corrected chi connectivity index (χ0v) is 23.3. The van der Waals surface area contributed by atoms with E-state index in [0.29, 0.717) is 28.7 Å². The number of aromatic nitrogens is 1. The van der Waals surface area contributed by atoms with Crippen molar-refractivity contribution in [1.29, 1.82) is 0 Å². The number of methoxy groups -OCH3 is 4. The number of anilines is 1. The van der Waals surface area contributed by atoms with E-state index in [1.807, 2.05) is 37.3 Å². The minimum atomic E-state index is -0.583. The fourth-order valence-electron chi connectivity index (χ4n) is 4.30. The zero-order chi connectivity index (χ0) is 28.1. The van der Waals surface area contributed by atoms with Crippen molar-refractivity contribution in [2.45, 2.75) is 18.9 Å². The molecule has 0 aliphatic carbocycles. The largest absolute Gasteiger partial charge is 0.508 e. The van der Waals surface area contributed by atoms with Crippen LogP contribution in [0.3, 0.4) is 0 Å². The summed E-state index contributed by atoms with van der Waals surface area (Å²) in [4.78, 5) is 14.1. The van der Waals surface area contributed by atoms with Gasteiger partial charge >= 0.3 is 0 Å². The number of carbonyl (C=O) groups is 1. The molecule has 0 saturated heterocycles. The van der Waals surface area contributed by atoms with Crippen molar-refractivity contribution in [2.24, 2.45) is 0 Å². The normalized spacial score (nSPS) is 12.4. The number of aromatic hydroxyl groups is 1. The molecule has 0 spiro atoms. The maximum Gasteiger partial charge on any atom is 0.283 e. The summed E-state index contributed by atoms with van der Waals surface area (Å²) in [7, 11) is 6.27. The fraction of sp³-hybridized carbons (Fsp3) is 0.241. The molecule has 5 N–H and O–H groups in total. The number of hydrogen-bond donors (Lipinski definition) is 3. The molecule has 39 heavy (non-hydrogen) atoms. The van der Waals surface area contributed by atoms with Crippen molar-refractivity contribution < 1.29 is 34.6 Å². The molecule has 0 saturated carbocycles. The highest BCUT2D eigenvalue weighted by Crippen LogP contribution is 2.45. The summed E-state index contributed by atoms with van der Waals surface area (Å²) < 4.78 is 26.5. The number of nitrogens with one attached hydrogen (secondary N) is 1. The Bertz CT molecular complexity index is 1430. The van der Waals surface area contributed by atoms with Gasteiger partial charge in [-0.25, -0.2) is 0 Å². The molecule has 3 aromatic carbocycles. The lowest BCUT2D eigenvalue weighted by atomic mass is 9.93. The van der Waals surface area contributed by atoms with Crippen LogP contribution in [-0.4, -0.2) is 49.9 Å². The van der Waals surface area contributed by atoms with Crippen molar-refractivity contribution in [3.63, 3.8) is 0 Å². The van der Waals surface area contributed by atoms with Crippen LogP contribution >= 0.6 is 11.5 Å². The highest BCUT2D eigenvalue weighted by molar-refractivity contribution is 7.10. The van der Waals surface area contributed by atoms with E-state index in [9.17, 15) is 9.90 Å². The number of hydrogen-bond acceptors (Lipinski definition) is 8. The number of ether oxygens (including phenoxy) is 4. The Morgan fingerprint density at radius 3 is 2.13 bits per heavy atom. The van der Waals surface area contributed by atoms with Crippen molar-refractivity contribution in [3.8, 4) is 50.3 Å². The zero-order valence-electron chi connectivity index (χ0n) is 22.5. The van der Waals surface area contributed by atoms with Gasteiger partial charge in [0.2, 0.25) is 5.75 Å². The van der Waals surface area contributed by atoms with Gasteiger partial charge in [-0.2, -0.15) is 4.37 Å². The first-order valence-corrected chi connectivity index (χ1v) is 12.9. The van der Waals surface area contributed by atoms with Crippen molar-refractivity contribution in [2.75, 3.05) is 33.8 Å².